The van der Waals surface area contributed by atoms with Gasteiger partial charge in [0.25, 0.3) is 21.6 Å². The van der Waals surface area contributed by atoms with Gasteiger partial charge >= 0.3 is 0 Å². The van der Waals surface area contributed by atoms with Gasteiger partial charge in [0, 0.05) is 24.2 Å². The predicted molar refractivity (Wildman–Crippen MR) is 121 cm³/mol. The predicted octanol–water partition coefficient (Wildman–Crippen LogP) is 3.06. The van der Waals surface area contributed by atoms with Gasteiger partial charge in [0.15, 0.2) is 11.5 Å². The molecule has 4 rings (SSSR count). The number of amides is 1. The van der Waals surface area contributed by atoms with Crippen LogP contribution in [0.1, 0.15) is 15.9 Å². The highest BCUT2D eigenvalue weighted by atomic mass is 32.2. The number of ether oxygens (including phenoxy) is 3. The minimum Gasteiger partial charge on any atom is -0.495 e. The Bertz CT molecular complexity index is 1360. The highest BCUT2D eigenvalue weighted by Gasteiger charge is 2.20. The standard InChI is InChI=1S/C22H19N3O8S/c1-31-19-9-5-16(25(27)28)11-18(19)24-34(29,30)17-6-3-15(4-7-17)22(26)23-12-14-2-8-20-21(10-14)33-13-32-20/h2-11,24H,12-13H2,1H3,(H,23,26). The number of anilines is 1. The van der Waals surface area contributed by atoms with Crippen molar-refractivity contribution in [2.75, 3.05) is 18.6 Å². The summed E-state index contributed by atoms with van der Waals surface area (Å²) >= 11 is 0. The minimum absolute atomic E-state index is 0.0813. The molecule has 176 valence electrons. The third-order valence-corrected chi connectivity index (χ3v) is 6.34. The average molecular weight is 485 g/mol. The SMILES string of the molecule is COc1ccc([N+](=O)[O-])cc1NS(=O)(=O)c1ccc(C(=O)NCc2ccc3c(c2)OCO3)cc1. The van der Waals surface area contributed by atoms with Crippen molar-refractivity contribution in [3.63, 3.8) is 0 Å². The van der Waals surface area contributed by atoms with Gasteiger partial charge in [-0.05, 0) is 48.0 Å². The zero-order valence-electron chi connectivity index (χ0n) is 17.8. The minimum atomic E-state index is -4.10. The summed E-state index contributed by atoms with van der Waals surface area (Å²) in [5.74, 6) is 0.973. The topological polar surface area (TPSA) is 146 Å². The molecule has 0 aliphatic carbocycles. The molecule has 0 saturated heterocycles. The van der Waals surface area contributed by atoms with Gasteiger partial charge in [-0.15, -0.1) is 0 Å². The number of nitrogens with one attached hydrogen (secondary N) is 2. The number of sulfonamides is 1. The van der Waals surface area contributed by atoms with E-state index in [1.807, 2.05) is 0 Å². The van der Waals surface area contributed by atoms with Gasteiger partial charge in [0.1, 0.15) is 5.75 Å². The molecule has 0 bridgehead atoms. The third kappa shape index (κ3) is 4.86. The molecule has 3 aromatic rings. The van der Waals surface area contributed by atoms with E-state index in [2.05, 4.69) is 10.0 Å². The summed E-state index contributed by atoms with van der Waals surface area (Å²) in [7, 11) is -2.79. The Labute approximate surface area is 194 Å². The van der Waals surface area contributed by atoms with E-state index in [1.54, 1.807) is 18.2 Å². The van der Waals surface area contributed by atoms with E-state index in [1.165, 1.54) is 43.5 Å². The van der Waals surface area contributed by atoms with E-state index in [9.17, 15) is 23.3 Å². The van der Waals surface area contributed by atoms with E-state index < -0.39 is 20.9 Å². The molecule has 3 aromatic carbocycles. The van der Waals surface area contributed by atoms with Crippen molar-refractivity contribution in [2.24, 2.45) is 0 Å². The van der Waals surface area contributed by atoms with Crippen molar-refractivity contribution in [3.05, 3.63) is 81.9 Å². The zero-order chi connectivity index (χ0) is 24.3. The summed E-state index contributed by atoms with van der Waals surface area (Å²) in [6.45, 7) is 0.396. The number of nitro groups is 1. The van der Waals surface area contributed by atoms with E-state index in [0.717, 1.165) is 11.6 Å². The van der Waals surface area contributed by atoms with Gasteiger partial charge in [0.05, 0.1) is 22.6 Å². The van der Waals surface area contributed by atoms with Crippen molar-refractivity contribution < 1.29 is 32.3 Å². The number of nitro benzene ring substituents is 1. The third-order valence-electron chi connectivity index (χ3n) is 4.96. The first-order valence-corrected chi connectivity index (χ1v) is 11.4. The Morgan fingerprint density at radius 1 is 1.06 bits per heavy atom. The maximum absolute atomic E-state index is 12.8. The van der Waals surface area contributed by atoms with Crippen molar-refractivity contribution in [3.8, 4) is 17.2 Å². The van der Waals surface area contributed by atoms with Gasteiger partial charge in [-0.3, -0.25) is 19.6 Å². The van der Waals surface area contributed by atoms with Crippen LogP contribution in [0.5, 0.6) is 17.2 Å². The summed E-state index contributed by atoms with van der Waals surface area (Å²) in [6, 6.07) is 14.2. The number of non-ortho nitro benzene ring substituents is 1. The average Bonchev–Trinajstić information content (AvgIpc) is 3.30. The molecule has 12 heteroatoms. The van der Waals surface area contributed by atoms with E-state index in [0.29, 0.717) is 11.5 Å². The van der Waals surface area contributed by atoms with Gasteiger partial charge in [-0.25, -0.2) is 8.42 Å². The molecule has 0 saturated carbocycles. The Morgan fingerprint density at radius 2 is 1.79 bits per heavy atom. The molecule has 1 aliphatic heterocycles. The lowest BCUT2D eigenvalue weighted by molar-refractivity contribution is -0.384. The molecule has 0 atom stereocenters. The molecular formula is C22H19N3O8S. The van der Waals surface area contributed by atoms with Crippen LogP contribution in [0, 0.1) is 10.1 Å². The first-order valence-electron chi connectivity index (χ1n) is 9.89. The van der Waals surface area contributed by atoms with Crippen LogP contribution >= 0.6 is 0 Å². The van der Waals surface area contributed by atoms with Crippen molar-refractivity contribution >= 4 is 27.3 Å². The van der Waals surface area contributed by atoms with Crippen molar-refractivity contribution in [1.29, 1.82) is 0 Å². The number of nitrogens with zero attached hydrogens (tertiary/aromatic N) is 1. The lowest BCUT2D eigenvalue weighted by atomic mass is 10.2. The van der Waals surface area contributed by atoms with Gasteiger partial charge in [-0.2, -0.15) is 0 Å². The lowest BCUT2D eigenvalue weighted by Gasteiger charge is -2.12. The molecule has 0 aromatic heterocycles. The molecule has 0 fully saturated rings. The van der Waals surface area contributed by atoms with Crippen LogP contribution in [-0.2, 0) is 16.6 Å². The maximum Gasteiger partial charge on any atom is 0.271 e. The monoisotopic (exact) mass is 485 g/mol. The van der Waals surface area contributed by atoms with E-state index in [-0.39, 0.29) is 40.9 Å². The number of carbonyl (C=O) groups excluding carboxylic acids is 1. The quantitative estimate of drug-likeness (QED) is 0.366. The normalized spacial score (nSPS) is 12.1. The number of hydrogen-bond acceptors (Lipinski definition) is 8. The second-order valence-electron chi connectivity index (χ2n) is 7.14. The first-order chi connectivity index (χ1) is 16.3. The summed E-state index contributed by atoms with van der Waals surface area (Å²) in [4.78, 5) is 22.7. The van der Waals surface area contributed by atoms with Crippen LogP contribution in [0.15, 0.2) is 65.6 Å². The Hall–Kier alpha value is -4.32. The second-order valence-corrected chi connectivity index (χ2v) is 8.82. The van der Waals surface area contributed by atoms with Gasteiger partial charge < -0.3 is 19.5 Å². The molecule has 0 spiro atoms. The fraction of sp³-hybridized carbons (Fsp3) is 0.136. The van der Waals surface area contributed by atoms with Crippen LogP contribution in [-0.4, -0.2) is 33.2 Å². The highest BCUT2D eigenvalue weighted by Crippen LogP contribution is 2.33. The van der Waals surface area contributed by atoms with Crippen LogP contribution < -0.4 is 24.2 Å². The summed E-state index contributed by atoms with van der Waals surface area (Å²) in [5, 5.41) is 13.8. The van der Waals surface area contributed by atoms with Crippen LogP contribution in [0.3, 0.4) is 0 Å². The van der Waals surface area contributed by atoms with Gasteiger partial charge in [-0.1, -0.05) is 6.07 Å². The number of hydrogen-bond donors (Lipinski definition) is 2. The second kappa shape index (κ2) is 9.27. The summed E-state index contributed by atoms with van der Waals surface area (Å²) in [6.07, 6.45) is 0. The summed E-state index contributed by atoms with van der Waals surface area (Å²) in [5.41, 5.74) is 0.690. The number of fused-ring (bicyclic) bond motifs is 1. The van der Waals surface area contributed by atoms with E-state index in [4.69, 9.17) is 14.2 Å². The molecule has 0 radical (unpaired) electrons. The number of methoxy groups -OCH3 is 1. The van der Waals surface area contributed by atoms with Crippen LogP contribution in [0.4, 0.5) is 11.4 Å². The largest absolute Gasteiger partial charge is 0.495 e. The molecule has 34 heavy (non-hydrogen) atoms. The van der Waals surface area contributed by atoms with Gasteiger partial charge in [0.2, 0.25) is 6.79 Å². The first kappa shape index (κ1) is 22.9. The fourth-order valence-corrected chi connectivity index (χ4v) is 4.28. The molecule has 11 nitrogen and oxygen atoms in total. The molecule has 1 heterocycles. The number of carbonyl (C=O) groups is 1. The van der Waals surface area contributed by atoms with Crippen molar-refractivity contribution in [2.45, 2.75) is 11.4 Å². The number of rotatable bonds is 8. The zero-order valence-corrected chi connectivity index (χ0v) is 18.6. The Balaban J connectivity index is 1.44. The van der Waals surface area contributed by atoms with E-state index >= 15 is 0 Å². The maximum atomic E-state index is 12.8. The molecular weight excluding hydrogens is 466 g/mol. The van der Waals surface area contributed by atoms with Crippen molar-refractivity contribution in [1.82, 2.24) is 5.32 Å². The molecule has 1 aliphatic rings. The molecule has 0 unspecified atom stereocenters. The molecule has 2 N–H and O–H groups in total. The van der Waals surface area contributed by atoms with Crippen LogP contribution in [0.25, 0.3) is 0 Å². The lowest BCUT2D eigenvalue weighted by Crippen LogP contribution is -2.23. The Kier molecular flexibility index (Phi) is 6.23. The van der Waals surface area contributed by atoms with Crippen LogP contribution in [0.2, 0.25) is 0 Å². The number of benzene rings is 3. The fourth-order valence-electron chi connectivity index (χ4n) is 3.21. The summed E-state index contributed by atoms with van der Waals surface area (Å²) < 4.78 is 43.5. The Morgan fingerprint density at radius 3 is 2.50 bits per heavy atom. The smallest absolute Gasteiger partial charge is 0.271 e. The highest BCUT2D eigenvalue weighted by molar-refractivity contribution is 7.92. The molecule has 1 amide bonds.